The highest BCUT2D eigenvalue weighted by molar-refractivity contribution is 5.94. The average Bonchev–Trinajstić information content (AvgIpc) is 3.14. The maximum atomic E-state index is 11.7. The van der Waals surface area contributed by atoms with Crippen molar-refractivity contribution in [1.29, 1.82) is 0 Å². The van der Waals surface area contributed by atoms with E-state index in [1.165, 1.54) is 6.42 Å². The maximum absolute atomic E-state index is 11.7. The van der Waals surface area contributed by atoms with E-state index in [2.05, 4.69) is 24.4 Å². The van der Waals surface area contributed by atoms with E-state index in [9.17, 15) is 4.79 Å². The van der Waals surface area contributed by atoms with Crippen LogP contribution in [0.4, 0.5) is 0 Å². The third kappa shape index (κ3) is 3.74. The van der Waals surface area contributed by atoms with Crippen LogP contribution in [0.15, 0.2) is 30.3 Å². The summed E-state index contributed by atoms with van der Waals surface area (Å²) in [7, 11) is 0. The summed E-state index contributed by atoms with van der Waals surface area (Å²) in [4.78, 5) is 11.7. The molecule has 0 aliphatic heterocycles. The van der Waals surface area contributed by atoms with Crippen molar-refractivity contribution in [1.82, 2.24) is 5.32 Å². The monoisotopic (exact) mass is 229 g/mol. The first-order chi connectivity index (χ1) is 8.29. The maximum Gasteiger partial charge on any atom is 0.251 e. The van der Waals surface area contributed by atoms with Crippen molar-refractivity contribution < 1.29 is 4.79 Å². The molecule has 0 aromatic heterocycles. The molecule has 1 fully saturated rings. The highest BCUT2D eigenvalue weighted by atomic mass is 16.1. The Morgan fingerprint density at radius 2 is 2.06 bits per heavy atom. The van der Waals surface area contributed by atoms with Crippen molar-refractivity contribution in [2.45, 2.75) is 38.6 Å². The molecular weight excluding hydrogens is 210 g/mol. The molecule has 2 heteroatoms. The zero-order chi connectivity index (χ0) is 12.1. The lowest BCUT2D eigenvalue weighted by molar-refractivity contribution is 0.0951. The van der Waals surface area contributed by atoms with Gasteiger partial charge < -0.3 is 5.32 Å². The number of nitrogens with one attached hydrogen (secondary N) is 1. The van der Waals surface area contributed by atoms with Crippen LogP contribution in [-0.2, 0) is 0 Å². The number of carbonyl (C=O) groups excluding carboxylic acids is 1. The molecule has 1 aliphatic carbocycles. The number of hydrogen-bond acceptors (Lipinski definition) is 1. The van der Waals surface area contributed by atoms with Gasteiger partial charge >= 0.3 is 0 Å². The number of rotatable bonds is 5. The fourth-order valence-electron chi connectivity index (χ4n) is 1.63. The van der Waals surface area contributed by atoms with Gasteiger partial charge in [0.25, 0.3) is 5.91 Å². The molecule has 1 aliphatic rings. The molecule has 1 saturated carbocycles. The lowest BCUT2D eigenvalue weighted by atomic mass is 10.1. The van der Waals surface area contributed by atoms with E-state index in [1.54, 1.807) is 0 Å². The van der Waals surface area contributed by atoms with Crippen LogP contribution in [0.1, 0.15) is 48.5 Å². The van der Waals surface area contributed by atoms with Crippen molar-refractivity contribution in [3.63, 3.8) is 0 Å². The first-order valence-electron chi connectivity index (χ1n) is 6.37. The highest BCUT2D eigenvalue weighted by Crippen LogP contribution is 2.19. The summed E-state index contributed by atoms with van der Waals surface area (Å²) >= 11 is 0. The predicted octanol–water partition coefficient (Wildman–Crippen LogP) is 3.39. The van der Waals surface area contributed by atoms with Gasteiger partial charge in [-0.3, -0.25) is 4.79 Å². The van der Waals surface area contributed by atoms with Crippen LogP contribution in [0.25, 0.3) is 6.08 Å². The van der Waals surface area contributed by atoms with Crippen LogP contribution in [0, 0.1) is 0 Å². The summed E-state index contributed by atoms with van der Waals surface area (Å²) in [5, 5.41) is 2.98. The lowest BCUT2D eigenvalue weighted by Crippen LogP contribution is -2.25. The third-order valence-electron chi connectivity index (χ3n) is 2.85. The molecular formula is C15H19NO. The Morgan fingerprint density at radius 3 is 2.65 bits per heavy atom. The van der Waals surface area contributed by atoms with E-state index in [-0.39, 0.29) is 5.91 Å². The summed E-state index contributed by atoms with van der Waals surface area (Å²) in [6, 6.07) is 8.20. The summed E-state index contributed by atoms with van der Waals surface area (Å²) in [6.45, 7) is 2.16. The van der Waals surface area contributed by atoms with Gasteiger partial charge in [0.15, 0.2) is 0 Å². The van der Waals surface area contributed by atoms with Crippen LogP contribution in [0.2, 0.25) is 0 Å². The number of allylic oxidation sites excluding steroid dienone is 1. The minimum atomic E-state index is 0.0524. The Hall–Kier alpha value is -1.57. The average molecular weight is 229 g/mol. The smallest absolute Gasteiger partial charge is 0.251 e. The van der Waals surface area contributed by atoms with E-state index in [1.807, 2.05) is 24.3 Å². The van der Waals surface area contributed by atoms with E-state index in [0.717, 1.165) is 30.4 Å². The molecule has 0 spiro atoms. The molecule has 0 atom stereocenters. The van der Waals surface area contributed by atoms with E-state index < -0.39 is 0 Å². The van der Waals surface area contributed by atoms with Crippen molar-refractivity contribution in [2.24, 2.45) is 0 Å². The van der Waals surface area contributed by atoms with E-state index in [0.29, 0.717) is 6.04 Å². The lowest BCUT2D eigenvalue weighted by Gasteiger charge is -2.03. The summed E-state index contributed by atoms with van der Waals surface area (Å²) in [5.74, 6) is 0.0524. The number of benzene rings is 1. The topological polar surface area (TPSA) is 29.1 Å². The molecule has 1 aromatic carbocycles. The molecule has 0 radical (unpaired) electrons. The quantitative estimate of drug-likeness (QED) is 0.823. The molecule has 17 heavy (non-hydrogen) atoms. The number of carbonyl (C=O) groups is 1. The van der Waals surface area contributed by atoms with Gasteiger partial charge in [0, 0.05) is 11.6 Å². The molecule has 0 saturated heterocycles. The van der Waals surface area contributed by atoms with Gasteiger partial charge in [-0.2, -0.15) is 0 Å². The molecule has 2 rings (SSSR count). The van der Waals surface area contributed by atoms with Crippen LogP contribution in [0.3, 0.4) is 0 Å². The van der Waals surface area contributed by atoms with Crippen molar-refractivity contribution in [2.75, 3.05) is 0 Å². The Labute approximate surface area is 103 Å². The molecule has 1 N–H and O–H groups in total. The van der Waals surface area contributed by atoms with Crippen LogP contribution in [-0.4, -0.2) is 11.9 Å². The van der Waals surface area contributed by atoms with E-state index in [4.69, 9.17) is 0 Å². The van der Waals surface area contributed by atoms with Gasteiger partial charge in [-0.15, -0.1) is 0 Å². The van der Waals surface area contributed by atoms with Gasteiger partial charge in [-0.25, -0.2) is 0 Å². The largest absolute Gasteiger partial charge is 0.349 e. The zero-order valence-corrected chi connectivity index (χ0v) is 10.3. The summed E-state index contributed by atoms with van der Waals surface area (Å²) < 4.78 is 0. The van der Waals surface area contributed by atoms with Crippen LogP contribution < -0.4 is 5.32 Å². The summed E-state index contributed by atoms with van der Waals surface area (Å²) in [5.41, 5.74) is 1.91. The Bertz CT molecular complexity index is 401. The SMILES string of the molecule is CCC/C=C/c1ccc(C(=O)NC2CC2)cc1. The number of unbranched alkanes of at least 4 members (excludes halogenated alkanes) is 1. The normalized spacial score (nSPS) is 15.1. The fraction of sp³-hybridized carbons (Fsp3) is 0.400. The van der Waals surface area contributed by atoms with Crippen molar-refractivity contribution in [3.05, 3.63) is 41.5 Å². The molecule has 0 heterocycles. The van der Waals surface area contributed by atoms with Gasteiger partial charge in [0.05, 0.1) is 0 Å². The molecule has 1 amide bonds. The van der Waals surface area contributed by atoms with Crippen molar-refractivity contribution in [3.8, 4) is 0 Å². The second-order valence-electron chi connectivity index (χ2n) is 4.56. The van der Waals surface area contributed by atoms with Gasteiger partial charge in [-0.05, 0) is 37.0 Å². The second-order valence-corrected chi connectivity index (χ2v) is 4.56. The Balaban J connectivity index is 1.94. The first kappa shape index (κ1) is 11.9. The standard InChI is InChI=1S/C15H19NO/c1-2-3-4-5-12-6-8-13(9-7-12)15(17)16-14-10-11-14/h4-9,14H,2-3,10-11H2,1H3,(H,16,17)/b5-4+. The number of amides is 1. The molecule has 1 aromatic rings. The molecule has 0 unspecified atom stereocenters. The second kappa shape index (κ2) is 5.67. The Kier molecular flexibility index (Phi) is 3.97. The molecule has 90 valence electrons. The van der Waals surface area contributed by atoms with Crippen molar-refractivity contribution >= 4 is 12.0 Å². The highest BCUT2D eigenvalue weighted by Gasteiger charge is 2.23. The third-order valence-corrected chi connectivity index (χ3v) is 2.85. The summed E-state index contributed by atoms with van der Waals surface area (Å²) in [6.07, 6.45) is 8.79. The Morgan fingerprint density at radius 1 is 1.35 bits per heavy atom. The number of hydrogen-bond donors (Lipinski definition) is 1. The molecule has 2 nitrogen and oxygen atoms in total. The van der Waals surface area contributed by atoms with E-state index >= 15 is 0 Å². The minimum Gasteiger partial charge on any atom is -0.349 e. The fourth-order valence-corrected chi connectivity index (χ4v) is 1.63. The van der Waals surface area contributed by atoms with Gasteiger partial charge in [0.1, 0.15) is 0 Å². The van der Waals surface area contributed by atoms with Crippen LogP contribution >= 0.6 is 0 Å². The van der Waals surface area contributed by atoms with Gasteiger partial charge in [-0.1, -0.05) is 37.6 Å². The minimum absolute atomic E-state index is 0.0524. The first-order valence-corrected chi connectivity index (χ1v) is 6.37. The van der Waals surface area contributed by atoms with Crippen LogP contribution in [0.5, 0.6) is 0 Å². The molecule has 0 bridgehead atoms. The zero-order valence-electron chi connectivity index (χ0n) is 10.3. The predicted molar refractivity (Wildman–Crippen MR) is 70.9 cm³/mol. The van der Waals surface area contributed by atoms with Gasteiger partial charge in [0.2, 0.25) is 0 Å².